The van der Waals surface area contributed by atoms with Gasteiger partial charge in [-0.05, 0) is 57.9 Å². The first kappa shape index (κ1) is 18.1. The fourth-order valence-electron chi connectivity index (χ4n) is 2.41. The Balaban J connectivity index is 1.92. The number of ether oxygens (including phenoxy) is 1. The minimum absolute atomic E-state index is 0.0342. The Labute approximate surface area is 142 Å². The number of carbonyl (C=O) groups is 3. The van der Waals surface area contributed by atoms with Crippen LogP contribution in [0.5, 0.6) is 0 Å². The highest BCUT2D eigenvalue weighted by Gasteiger charge is 2.36. The van der Waals surface area contributed by atoms with Crippen molar-refractivity contribution in [3.8, 4) is 0 Å². The molecule has 1 unspecified atom stereocenters. The van der Waals surface area contributed by atoms with Gasteiger partial charge in [-0.3, -0.25) is 14.4 Å². The van der Waals surface area contributed by atoms with Crippen LogP contribution >= 0.6 is 0 Å². The van der Waals surface area contributed by atoms with Crippen molar-refractivity contribution in [2.75, 3.05) is 18.5 Å². The summed E-state index contributed by atoms with van der Waals surface area (Å²) in [5.41, 5.74) is -0.0933. The lowest BCUT2D eigenvalue weighted by molar-refractivity contribution is -0.138. The summed E-state index contributed by atoms with van der Waals surface area (Å²) in [5.74, 6) is -0.777. The second-order valence-corrected chi connectivity index (χ2v) is 6.56. The van der Waals surface area contributed by atoms with E-state index >= 15 is 0 Å². The number of hydrogen-bond donors (Lipinski definition) is 2. The summed E-state index contributed by atoms with van der Waals surface area (Å²) in [7, 11) is 0. The van der Waals surface area contributed by atoms with Crippen LogP contribution in [-0.4, -0.2) is 36.9 Å². The molecule has 130 valence electrons. The van der Waals surface area contributed by atoms with E-state index in [4.69, 9.17) is 4.74 Å². The van der Waals surface area contributed by atoms with E-state index < -0.39 is 11.3 Å². The molecular formula is C18H24N2O4. The van der Waals surface area contributed by atoms with Gasteiger partial charge < -0.3 is 15.4 Å². The van der Waals surface area contributed by atoms with Crippen LogP contribution in [0.15, 0.2) is 24.3 Å². The van der Waals surface area contributed by atoms with Gasteiger partial charge in [0, 0.05) is 24.4 Å². The molecule has 0 bridgehead atoms. The highest BCUT2D eigenvalue weighted by atomic mass is 16.5. The molecule has 1 fully saturated rings. The molecule has 6 heteroatoms. The molecule has 2 amide bonds. The predicted molar refractivity (Wildman–Crippen MR) is 90.8 cm³/mol. The normalized spacial score (nSPS) is 17.4. The monoisotopic (exact) mass is 332 g/mol. The van der Waals surface area contributed by atoms with Crippen molar-refractivity contribution in [3.05, 3.63) is 29.8 Å². The van der Waals surface area contributed by atoms with Crippen molar-refractivity contribution in [1.82, 2.24) is 5.32 Å². The Kier molecular flexibility index (Phi) is 5.72. The van der Waals surface area contributed by atoms with Crippen molar-refractivity contribution in [2.45, 2.75) is 39.7 Å². The van der Waals surface area contributed by atoms with Crippen LogP contribution in [0.2, 0.25) is 0 Å². The number of hydrogen-bond acceptors (Lipinski definition) is 4. The predicted octanol–water partition coefficient (Wildman–Crippen LogP) is 2.15. The van der Waals surface area contributed by atoms with Gasteiger partial charge in [0.1, 0.15) is 5.41 Å². The van der Waals surface area contributed by atoms with Gasteiger partial charge in [-0.1, -0.05) is 0 Å². The Bertz CT molecular complexity index is 616. The summed E-state index contributed by atoms with van der Waals surface area (Å²) in [6.07, 6.45) is 1.96. The molecule has 1 aromatic carbocycles. The molecule has 0 aliphatic carbocycles. The number of anilines is 1. The van der Waals surface area contributed by atoms with Gasteiger partial charge in [-0.25, -0.2) is 0 Å². The van der Waals surface area contributed by atoms with Crippen molar-refractivity contribution in [2.24, 2.45) is 5.41 Å². The van der Waals surface area contributed by atoms with E-state index in [0.717, 1.165) is 19.4 Å². The number of carbonyl (C=O) groups excluding carboxylic acids is 3. The Morgan fingerprint density at radius 3 is 2.38 bits per heavy atom. The van der Waals surface area contributed by atoms with Gasteiger partial charge in [-0.2, -0.15) is 0 Å². The molecule has 1 aromatic rings. The van der Waals surface area contributed by atoms with Crippen LogP contribution in [0.3, 0.4) is 0 Å². The Morgan fingerprint density at radius 2 is 1.83 bits per heavy atom. The quantitative estimate of drug-likeness (QED) is 0.617. The minimum atomic E-state index is -1.21. The van der Waals surface area contributed by atoms with Gasteiger partial charge in [-0.15, -0.1) is 0 Å². The van der Waals surface area contributed by atoms with Crippen molar-refractivity contribution < 1.29 is 19.1 Å². The topological polar surface area (TPSA) is 84.5 Å². The lowest BCUT2D eigenvalue weighted by atomic mass is 9.90. The molecule has 2 rings (SSSR count). The molecule has 1 heterocycles. The smallest absolute Gasteiger partial charge is 0.239 e. The zero-order chi connectivity index (χ0) is 17.7. The van der Waals surface area contributed by atoms with Crippen LogP contribution < -0.4 is 10.6 Å². The molecule has 1 atom stereocenters. The number of benzene rings is 1. The zero-order valence-electron chi connectivity index (χ0n) is 14.3. The fourth-order valence-corrected chi connectivity index (χ4v) is 2.41. The van der Waals surface area contributed by atoms with E-state index in [1.54, 1.807) is 38.1 Å². The van der Waals surface area contributed by atoms with E-state index in [1.807, 2.05) is 0 Å². The summed E-state index contributed by atoms with van der Waals surface area (Å²) in [6, 6.07) is 6.58. The number of Topliss-reactive ketones (excluding diaryl/α,β-unsaturated/α-hetero) is 1. The summed E-state index contributed by atoms with van der Waals surface area (Å²) in [6.45, 7) is 5.78. The largest absolute Gasteiger partial charge is 0.376 e. The molecule has 0 saturated carbocycles. The molecule has 2 N–H and O–H groups in total. The average molecular weight is 332 g/mol. The third-order valence-corrected chi connectivity index (χ3v) is 4.20. The van der Waals surface area contributed by atoms with Gasteiger partial charge in [0.2, 0.25) is 11.8 Å². The summed E-state index contributed by atoms with van der Waals surface area (Å²) >= 11 is 0. The first-order valence-electron chi connectivity index (χ1n) is 8.13. The maximum absolute atomic E-state index is 12.4. The summed E-state index contributed by atoms with van der Waals surface area (Å²) in [4.78, 5) is 36.0. The first-order valence-corrected chi connectivity index (χ1v) is 8.13. The van der Waals surface area contributed by atoms with Gasteiger partial charge in [0.15, 0.2) is 5.78 Å². The van der Waals surface area contributed by atoms with Gasteiger partial charge in [0.25, 0.3) is 0 Å². The molecule has 6 nitrogen and oxygen atoms in total. The average Bonchev–Trinajstić information content (AvgIpc) is 3.06. The number of nitrogens with one attached hydrogen (secondary N) is 2. The van der Waals surface area contributed by atoms with E-state index in [2.05, 4.69) is 10.6 Å². The summed E-state index contributed by atoms with van der Waals surface area (Å²) in [5, 5.41) is 5.50. The molecule has 0 spiro atoms. The van der Waals surface area contributed by atoms with E-state index in [1.165, 1.54) is 6.92 Å². The van der Waals surface area contributed by atoms with E-state index in [0.29, 0.717) is 17.8 Å². The molecule has 24 heavy (non-hydrogen) atoms. The fraction of sp³-hybridized carbons (Fsp3) is 0.500. The SMILES string of the molecule is CC(=O)c1ccc(NC(=O)C(C)(C)C(=O)NCC2CCCO2)cc1. The lowest BCUT2D eigenvalue weighted by Gasteiger charge is -2.23. The Hall–Kier alpha value is -2.21. The van der Waals surface area contributed by atoms with Crippen molar-refractivity contribution in [1.29, 1.82) is 0 Å². The first-order chi connectivity index (χ1) is 11.3. The highest BCUT2D eigenvalue weighted by Crippen LogP contribution is 2.20. The maximum atomic E-state index is 12.4. The van der Waals surface area contributed by atoms with Crippen LogP contribution in [0.1, 0.15) is 44.0 Å². The summed E-state index contributed by atoms with van der Waals surface area (Å²) < 4.78 is 5.46. The maximum Gasteiger partial charge on any atom is 0.239 e. The van der Waals surface area contributed by atoms with Crippen LogP contribution in [0.4, 0.5) is 5.69 Å². The molecule has 0 aromatic heterocycles. The zero-order valence-corrected chi connectivity index (χ0v) is 14.3. The third kappa shape index (κ3) is 4.41. The van der Waals surface area contributed by atoms with Crippen LogP contribution in [-0.2, 0) is 14.3 Å². The van der Waals surface area contributed by atoms with E-state index in [-0.39, 0.29) is 17.8 Å². The van der Waals surface area contributed by atoms with E-state index in [9.17, 15) is 14.4 Å². The number of rotatable bonds is 6. The minimum Gasteiger partial charge on any atom is -0.376 e. The lowest BCUT2D eigenvalue weighted by Crippen LogP contribution is -2.47. The number of amides is 2. The van der Waals surface area contributed by atoms with Crippen LogP contribution in [0.25, 0.3) is 0 Å². The number of ketones is 1. The van der Waals surface area contributed by atoms with Crippen molar-refractivity contribution in [3.63, 3.8) is 0 Å². The molecular weight excluding hydrogens is 308 g/mol. The Morgan fingerprint density at radius 1 is 1.17 bits per heavy atom. The molecule has 1 aliphatic rings. The van der Waals surface area contributed by atoms with Gasteiger partial charge in [0.05, 0.1) is 6.10 Å². The standard InChI is InChI=1S/C18H24N2O4/c1-12(21)13-6-8-14(9-7-13)20-17(23)18(2,3)16(22)19-11-15-5-4-10-24-15/h6-9,15H,4-5,10-11H2,1-3H3,(H,19,22)(H,20,23). The van der Waals surface area contributed by atoms with Gasteiger partial charge >= 0.3 is 0 Å². The molecule has 0 radical (unpaired) electrons. The molecule has 1 saturated heterocycles. The molecule has 1 aliphatic heterocycles. The second-order valence-electron chi connectivity index (χ2n) is 6.56. The van der Waals surface area contributed by atoms with Crippen molar-refractivity contribution >= 4 is 23.3 Å². The highest BCUT2D eigenvalue weighted by molar-refractivity contribution is 6.10. The van der Waals surface area contributed by atoms with Crippen LogP contribution in [0, 0.1) is 5.41 Å². The third-order valence-electron chi connectivity index (χ3n) is 4.20. The second kappa shape index (κ2) is 7.57.